The molecule has 1 heterocycles. The van der Waals surface area contributed by atoms with Gasteiger partial charge in [-0.1, -0.05) is 113 Å². The minimum Gasteiger partial charge on any atom is -0.441 e. The SMILES string of the molecule is CCCCCCCCCCCCC(OC(=O)Nc1ccccc1)C1=C(c2ccccc2)C(=O)OC1O. The minimum atomic E-state index is -1.44. The third kappa shape index (κ3) is 8.52. The molecule has 1 amide bonds. The van der Waals surface area contributed by atoms with Crippen molar-refractivity contribution in [2.45, 2.75) is 89.9 Å². The number of benzene rings is 2. The van der Waals surface area contributed by atoms with Gasteiger partial charge in [0.2, 0.25) is 6.29 Å². The van der Waals surface area contributed by atoms with Gasteiger partial charge in [0.1, 0.15) is 6.10 Å². The Bertz CT molecular complexity index is 973. The van der Waals surface area contributed by atoms with Crippen LogP contribution in [0.25, 0.3) is 5.57 Å². The van der Waals surface area contributed by atoms with Gasteiger partial charge in [-0.05, 0) is 30.5 Å². The molecule has 0 fully saturated rings. The Morgan fingerprint density at radius 1 is 0.889 bits per heavy atom. The fraction of sp³-hybridized carbons (Fsp3) is 0.467. The van der Waals surface area contributed by atoms with Gasteiger partial charge in [0, 0.05) is 5.69 Å². The normalized spacial score (nSPS) is 16.1. The highest BCUT2D eigenvalue weighted by molar-refractivity contribution is 6.19. The van der Waals surface area contributed by atoms with Gasteiger partial charge in [-0.2, -0.15) is 0 Å². The molecule has 2 N–H and O–H groups in total. The summed E-state index contributed by atoms with van der Waals surface area (Å²) >= 11 is 0. The van der Waals surface area contributed by atoms with Gasteiger partial charge in [-0.3, -0.25) is 5.32 Å². The average molecular weight is 494 g/mol. The van der Waals surface area contributed by atoms with Crippen LogP contribution in [0.1, 0.15) is 83.1 Å². The van der Waals surface area contributed by atoms with E-state index in [1.807, 2.05) is 36.4 Å². The van der Waals surface area contributed by atoms with Crippen molar-refractivity contribution in [3.8, 4) is 0 Å². The number of carbonyl (C=O) groups excluding carboxylic acids is 2. The summed E-state index contributed by atoms with van der Waals surface area (Å²) in [6.07, 6.45) is 9.49. The number of cyclic esters (lactones) is 1. The topological polar surface area (TPSA) is 84.9 Å². The molecule has 36 heavy (non-hydrogen) atoms. The number of para-hydroxylation sites is 1. The second kappa shape index (κ2) is 15.1. The molecule has 2 atom stereocenters. The van der Waals surface area contributed by atoms with Crippen molar-refractivity contribution in [3.63, 3.8) is 0 Å². The number of unbranched alkanes of at least 4 members (excludes halogenated alkanes) is 9. The standard InChI is InChI=1S/C30H39NO5/c1-2-3-4-5-6-7-8-9-10-17-22-25(35-30(34)31-24-20-15-12-16-21-24)27-26(28(32)36-29(27)33)23-18-13-11-14-19-23/h11-16,18-21,25,29,33H,2-10,17,22H2,1H3,(H,31,34). The number of amides is 1. The number of hydrogen-bond acceptors (Lipinski definition) is 5. The van der Waals surface area contributed by atoms with Gasteiger partial charge in [0.05, 0.1) is 11.1 Å². The first-order valence-electron chi connectivity index (χ1n) is 13.3. The van der Waals surface area contributed by atoms with Crippen molar-refractivity contribution in [3.05, 3.63) is 71.8 Å². The molecule has 6 nitrogen and oxygen atoms in total. The molecule has 0 saturated carbocycles. The molecule has 0 aliphatic carbocycles. The molecule has 6 heteroatoms. The molecule has 2 unspecified atom stereocenters. The van der Waals surface area contributed by atoms with Crippen molar-refractivity contribution in [2.75, 3.05) is 5.32 Å². The molecular formula is C30H39NO5. The van der Waals surface area contributed by atoms with E-state index in [1.165, 1.54) is 44.9 Å². The predicted molar refractivity (Wildman–Crippen MR) is 142 cm³/mol. The van der Waals surface area contributed by atoms with Gasteiger partial charge in [0.15, 0.2) is 0 Å². The molecule has 0 spiro atoms. The highest BCUT2D eigenvalue weighted by Crippen LogP contribution is 2.35. The molecule has 0 aromatic heterocycles. The van der Waals surface area contributed by atoms with E-state index in [4.69, 9.17) is 9.47 Å². The highest BCUT2D eigenvalue weighted by Gasteiger charge is 2.39. The molecule has 2 aromatic carbocycles. The van der Waals surface area contributed by atoms with Crippen LogP contribution in [0, 0.1) is 0 Å². The fourth-order valence-electron chi connectivity index (χ4n) is 4.57. The van der Waals surface area contributed by atoms with E-state index in [9.17, 15) is 14.7 Å². The molecule has 0 bridgehead atoms. The molecular weight excluding hydrogens is 454 g/mol. The zero-order valence-electron chi connectivity index (χ0n) is 21.3. The Labute approximate surface area is 214 Å². The third-order valence-electron chi connectivity index (χ3n) is 6.48. The number of hydrogen-bond donors (Lipinski definition) is 2. The van der Waals surface area contributed by atoms with E-state index < -0.39 is 24.5 Å². The Hall–Kier alpha value is -3.12. The summed E-state index contributed by atoms with van der Waals surface area (Å²) < 4.78 is 10.9. The number of carbonyl (C=O) groups is 2. The molecule has 1 aliphatic rings. The quantitative estimate of drug-likeness (QED) is 0.202. The first-order valence-corrected chi connectivity index (χ1v) is 13.3. The van der Waals surface area contributed by atoms with E-state index in [0.29, 0.717) is 23.2 Å². The number of nitrogens with one attached hydrogen (secondary N) is 1. The minimum absolute atomic E-state index is 0.271. The third-order valence-corrected chi connectivity index (χ3v) is 6.48. The Kier molecular flexibility index (Phi) is 11.5. The van der Waals surface area contributed by atoms with Gasteiger partial charge in [-0.15, -0.1) is 0 Å². The second-order valence-corrected chi connectivity index (χ2v) is 9.31. The summed E-state index contributed by atoms with van der Waals surface area (Å²) in [7, 11) is 0. The average Bonchev–Trinajstić information content (AvgIpc) is 3.18. The number of aliphatic hydroxyl groups excluding tert-OH is 1. The van der Waals surface area contributed by atoms with E-state index in [1.54, 1.807) is 24.3 Å². The van der Waals surface area contributed by atoms with Crippen LogP contribution in [0.4, 0.5) is 10.5 Å². The second-order valence-electron chi connectivity index (χ2n) is 9.31. The zero-order chi connectivity index (χ0) is 25.6. The maximum atomic E-state index is 12.7. The summed E-state index contributed by atoms with van der Waals surface area (Å²) in [4.78, 5) is 25.4. The maximum Gasteiger partial charge on any atom is 0.412 e. The molecule has 3 rings (SSSR count). The summed E-state index contributed by atoms with van der Waals surface area (Å²) in [6, 6.07) is 18.1. The largest absolute Gasteiger partial charge is 0.441 e. The van der Waals surface area contributed by atoms with Gasteiger partial charge in [-0.25, -0.2) is 9.59 Å². The lowest BCUT2D eigenvalue weighted by Gasteiger charge is -2.22. The first-order chi connectivity index (χ1) is 17.6. The summed E-state index contributed by atoms with van der Waals surface area (Å²) in [6.45, 7) is 2.23. The van der Waals surface area contributed by atoms with Crippen molar-refractivity contribution in [1.82, 2.24) is 0 Å². The van der Waals surface area contributed by atoms with Crippen LogP contribution in [-0.2, 0) is 14.3 Å². The first kappa shape index (κ1) is 27.5. The molecule has 194 valence electrons. The van der Waals surface area contributed by atoms with Gasteiger partial charge in [0.25, 0.3) is 0 Å². The van der Waals surface area contributed by atoms with Crippen molar-refractivity contribution in [2.24, 2.45) is 0 Å². The van der Waals surface area contributed by atoms with Crippen LogP contribution in [0.2, 0.25) is 0 Å². The maximum absolute atomic E-state index is 12.7. The summed E-state index contributed by atoms with van der Waals surface area (Å²) in [5.41, 5.74) is 1.82. The number of aliphatic hydroxyl groups is 1. The molecule has 0 radical (unpaired) electrons. The molecule has 2 aromatic rings. The lowest BCUT2D eigenvalue weighted by molar-refractivity contribution is -0.151. The smallest absolute Gasteiger partial charge is 0.412 e. The van der Waals surface area contributed by atoms with Crippen LogP contribution >= 0.6 is 0 Å². The lowest BCUT2D eigenvalue weighted by Crippen LogP contribution is -2.28. The van der Waals surface area contributed by atoms with E-state index in [2.05, 4.69) is 12.2 Å². The van der Waals surface area contributed by atoms with Crippen molar-refractivity contribution < 1.29 is 24.2 Å². The summed E-state index contributed by atoms with van der Waals surface area (Å²) in [5, 5.41) is 13.3. The monoisotopic (exact) mass is 493 g/mol. The van der Waals surface area contributed by atoms with Crippen molar-refractivity contribution >= 4 is 23.3 Å². The Morgan fingerprint density at radius 2 is 1.44 bits per heavy atom. The number of rotatable bonds is 15. The van der Waals surface area contributed by atoms with E-state index >= 15 is 0 Å². The van der Waals surface area contributed by atoms with E-state index in [0.717, 1.165) is 19.3 Å². The van der Waals surface area contributed by atoms with Crippen LogP contribution in [0.3, 0.4) is 0 Å². The zero-order valence-corrected chi connectivity index (χ0v) is 21.3. The number of ether oxygens (including phenoxy) is 2. The van der Waals surface area contributed by atoms with Gasteiger partial charge < -0.3 is 14.6 Å². The van der Waals surface area contributed by atoms with Crippen molar-refractivity contribution in [1.29, 1.82) is 0 Å². The van der Waals surface area contributed by atoms with Crippen LogP contribution in [0.5, 0.6) is 0 Å². The summed E-state index contributed by atoms with van der Waals surface area (Å²) in [5.74, 6) is -0.608. The lowest BCUT2D eigenvalue weighted by atomic mass is 9.94. The highest BCUT2D eigenvalue weighted by atomic mass is 16.6. The van der Waals surface area contributed by atoms with Crippen LogP contribution in [0.15, 0.2) is 66.2 Å². The Balaban J connectivity index is 1.64. The van der Waals surface area contributed by atoms with Gasteiger partial charge >= 0.3 is 12.1 Å². The Morgan fingerprint density at radius 3 is 2.06 bits per heavy atom. The molecule has 0 saturated heterocycles. The van der Waals surface area contributed by atoms with E-state index in [-0.39, 0.29) is 5.57 Å². The van der Waals surface area contributed by atoms with Crippen LogP contribution < -0.4 is 5.32 Å². The molecule has 1 aliphatic heterocycles. The van der Waals surface area contributed by atoms with Crippen LogP contribution in [-0.4, -0.2) is 29.6 Å². The number of esters is 1. The predicted octanol–water partition coefficient (Wildman–Crippen LogP) is 7.24. The fourth-order valence-corrected chi connectivity index (χ4v) is 4.57. The number of anilines is 1.